The molecule has 0 aliphatic heterocycles. The monoisotopic (exact) mass is 668 g/mol. The van der Waals surface area contributed by atoms with Crippen molar-refractivity contribution in [1.29, 1.82) is 0 Å². The van der Waals surface area contributed by atoms with Crippen molar-refractivity contribution in [2.24, 2.45) is 0 Å². The van der Waals surface area contributed by atoms with E-state index in [9.17, 15) is 0 Å². The average Bonchev–Trinajstić information content (AvgIpc) is 3.18. The van der Waals surface area contributed by atoms with Crippen molar-refractivity contribution in [3.05, 3.63) is 162 Å². The molecule has 0 radical (unpaired) electrons. The van der Waals surface area contributed by atoms with Crippen molar-refractivity contribution >= 4 is 9.24 Å². The summed E-state index contributed by atoms with van der Waals surface area (Å²) in [5, 5.41) is 0. The third-order valence-electron chi connectivity index (χ3n) is 6.62. The zero-order valence-corrected chi connectivity index (χ0v) is 32.1. The Labute approximate surface area is 295 Å². The molecule has 0 amide bonds. The summed E-state index contributed by atoms with van der Waals surface area (Å²) in [5.74, 6) is 0.912. The van der Waals surface area contributed by atoms with Crippen molar-refractivity contribution in [1.82, 2.24) is 0 Å². The minimum atomic E-state index is -0.394. The maximum absolute atomic E-state index is 6.06. The predicted molar refractivity (Wildman–Crippen MR) is 214 cm³/mol. The number of methoxy groups -OCH3 is 1. The average molecular weight is 669 g/mol. The number of hydrogen-bond acceptors (Lipinski definition) is 3. The third kappa shape index (κ3) is 19.2. The summed E-state index contributed by atoms with van der Waals surface area (Å²) in [4.78, 5) is 0. The molecule has 0 bridgehead atoms. The van der Waals surface area contributed by atoms with Gasteiger partial charge < -0.3 is 14.2 Å². The number of aryl methyl sites for hydroxylation is 2. The van der Waals surface area contributed by atoms with Crippen LogP contribution < -0.4 is 4.74 Å². The Morgan fingerprint density at radius 3 is 1.38 bits per heavy atom. The molecule has 48 heavy (non-hydrogen) atoms. The fourth-order valence-corrected chi connectivity index (χ4v) is 4.28. The first-order valence-electron chi connectivity index (χ1n) is 17.2. The Kier molecular flexibility index (Phi) is 28.2. The van der Waals surface area contributed by atoms with Gasteiger partial charge in [-0.1, -0.05) is 194 Å². The molecule has 3 nitrogen and oxygen atoms in total. The standard InChI is InChI=1S/C20H26O3.C12H10.C7H8.2C2H6.CH5P/c1-4-8-17-11-13-19(14-12-17)23-20(22-15-21-3)16(2)18-9-6-5-7-10-18;1-3-7-11(8-4-1)12-9-5-2-6-10-12;1-7-5-3-2-4-6-7;3*1-2/h5-7,9-14,16,20H,4,8,15H2,1-3H3;1-10H;2-6H,1H3;2*1-2H3;2H2,1H3. The molecule has 4 heteroatoms. The molecule has 0 spiro atoms. The molecule has 0 saturated carbocycles. The van der Waals surface area contributed by atoms with E-state index in [2.05, 4.69) is 115 Å². The quantitative estimate of drug-likeness (QED) is 0.109. The minimum absolute atomic E-state index is 0.0988. The summed E-state index contributed by atoms with van der Waals surface area (Å²) in [7, 11) is 4.03. The first-order valence-corrected chi connectivity index (χ1v) is 18.4. The maximum Gasteiger partial charge on any atom is 0.208 e. The van der Waals surface area contributed by atoms with Gasteiger partial charge in [-0.15, -0.1) is 9.24 Å². The molecule has 0 saturated heterocycles. The Balaban J connectivity index is 0.000000732. The summed E-state index contributed by atoms with van der Waals surface area (Å²) in [6.07, 6.45) is 1.84. The Hall–Kier alpha value is -3.75. The number of ether oxygens (including phenoxy) is 3. The molecule has 5 rings (SSSR count). The molecule has 0 aliphatic carbocycles. The van der Waals surface area contributed by atoms with Crippen LogP contribution in [0.1, 0.15) is 70.6 Å². The van der Waals surface area contributed by atoms with Gasteiger partial charge in [-0.3, -0.25) is 0 Å². The van der Waals surface area contributed by atoms with Crippen LogP contribution in [-0.2, 0) is 15.9 Å². The van der Waals surface area contributed by atoms with Crippen LogP contribution in [0.15, 0.2) is 146 Å². The van der Waals surface area contributed by atoms with Gasteiger partial charge >= 0.3 is 0 Å². The molecular formula is C44H61O3P. The van der Waals surface area contributed by atoms with E-state index in [0.717, 1.165) is 18.6 Å². The van der Waals surface area contributed by atoms with Crippen LogP contribution in [-0.4, -0.2) is 26.9 Å². The second-order valence-corrected chi connectivity index (χ2v) is 10.0. The molecule has 0 aromatic heterocycles. The van der Waals surface area contributed by atoms with E-state index < -0.39 is 6.29 Å². The summed E-state index contributed by atoms with van der Waals surface area (Å²) in [5.41, 5.74) is 6.38. The van der Waals surface area contributed by atoms with Crippen LogP contribution in [0.3, 0.4) is 0 Å². The number of rotatable bonds is 10. The van der Waals surface area contributed by atoms with E-state index in [1.54, 1.807) is 7.11 Å². The Morgan fingerprint density at radius 2 is 1.00 bits per heavy atom. The van der Waals surface area contributed by atoms with Crippen molar-refractivity contribution < 1.29 is 14.2 Å². The first-order chi connectivity index (χ1) is 23.6. The lowest BCUT2D eigenvalue weighted by atomic mass is 10.0. The SMILES string of the molecule is CC.CC.CCCc1ccc(OC(OCOC)C(C)c2ccccc2)cc1.CP.Cc1ccccc1.c1ccc(-c2ccccc2)cc1. The molecule has 0 aliphatic rings. The summed E-state index contributed by atoms with van der Waals surface area (Å²) in [6.45, 7) is 16.5. The molecule has 3 unspecified atom stereocenters. The molecule has 3 atom stereocenters. The lowest BCUT2D eigenvalue weighted by Gasteiger charge is -2.25. The molecular weight excluding hydrogens is 607 g/mol. The Bertz CT molecular complexity index is 1310. The van der Waals surface area contributed by atoms with Crippen LogP contribution >= 0.6 is 9.24 Å². The second kappa shape index (κ2) is 30.6. The fourth-order valence-electron chi connectivity index (χ4n) is 4.28. The minimum Gasteiger partial charge on any atom is -0.464 e. The van der Waals surface area contributed by atoms with Crippen LogP contribution in [0.4, 0.5) is 0 Å². The van der Waals surface area contributed by atoms with E-state index in [1.165, 1.54) is 27.8 Å². The zero-order chi connectivity index (χ0) is 35.8. The molecule has 0 N–H and O–H groups in total. The van der Waals surface area contributed by atoms with Gasteiger partial charge in [0.05, 0.1) is 0 Å². The lowest BCUT2D eigenvalue weighted by molar-refractivity contribution is -0.156. The van der Waals surface area contributed by atoms with Gasteiger partial charge in [-0.05, 0) is 47.7 Å². The van der Waals surface area contributed by atoms with Crippen molar-refractivity contribution in [3.63, 3.8) is 0 Å². The molecule has 5 aromatic rings. The summed E-state index contributed by atoms with van der Waals surface area (Å²) >= 11 is 0. The highest BCUT2D eigenvalue weighted by Crippen LogP contribution is 2.25. The zero-order valence-electron chi connectivity index (χ0n) is 30.9. The molecule has 0 fully saturated rings. The fraction of sp³-hybridized carbons (Fsp3) is 0.318. The third-order valence-corrected chi connectivity index (χ3v) is 6.62. The van der Waals surface area contributed by atoms with E-state index >= 15 is 0 Å². The van der Waals surface area contributed by atoms with E-state index in [0.29, 0.717) is 0 Å². The van der Waals surface area contributed by atoms with E-state index in [4.69, 9.17) is 14.2 Å². The smallest absolute Gasteiger partial charge is 0.208 e. The van der Waals surface area contributed by atoms with Gasteiger partial charge in [0.1, 0.15) is 5.75 Å². The summed E-state index contributed by atoms with van der Waals surface area (Å²) < 4.78 is 16.9. The van der Waals surface area contributed by atoms with Gasteiger partial charge in [-0.25, -0.2) is 0 Å². The highest BCUT2D eigenvalue weighted by molar-refractivity contribution is 7.15. The maximum atomic E-state index is 6.06. The first kappa shape index (κ1) is 44.2. The Morgan fingerprint density at radius 1 is 0.583 bits per heavy atom. The van der Waals surface area contributed by atoms with Gasteiger partial charge in [0.25, 0.3) is 0 Å². The van der Waals surface area contributed by atoms with E-state index in [-0.39, 0.29) is 12.7 Å². The van der Waals surface area contributed by atoms with Crippen LogP contribution in [0, 0.1) is 6.92 Å². The van der Waals surface area contributed by atoms with Crippen LogP contribution in [0.5, 0.6) is 5.75 Å². The van der Waals surface area contributed by atoms with Crippen molar-refractivity contribution in [2.75, 3.05) is 20.6 Å². The topological polar surface area (TPSA) is 27.7 Å². The number of hydrogen-bond donors (Lipinski definition) is 0. The highest BCUT2D eigenvalue weighted by Gasteiger charge is 2.21. The normalized spacial score (nSPS) is 10.5. The van der Waals surface area contributed by atoms with Gasteiger partial charge in [0, 0.05) is 13.0 Å². The van der Waals surface area contributed by atoms with Crippen LogP contribution in [0.2, 0.25) is 0 Å². The van der Waals surface area contributed by atoms with Gasteiger partial charge in [0.15, 0.2) is 6.79 Å². The van der Waals surface area contributed by atoms with Crippen molar-refractivity contribution in [3.8, 4) is 16.9 Å². The van der Waals surface area contributed by atoms with E-state index in [1.807, 2.05) is 95.0 Å². The van der Waals surface area contributed by atoms with Gasteiger partial charge in [0.2, 0.25) is 6.29 Å². The largest absolute Gasteiger partial charge is 0.464 e. The summed E-state index contributed by atoms with van der Waals surface area (Å²) in [6, 6.07) is 49.5. The number of benzene rings is 5. The molecule has 5 aromatic carbocycles. The second-order valence-electron chi connectivity index (χ2n) is 10.0. The van der Waals surface area contributed by atoms with Gasteiger partial charge in [-0.2, -0.15) is 0 Å². The highest BCUT2D eigenvalue weighted by atomic mass is 31.0. The molecule has 260 valence electrons. The lowest BCUT2D eigenvalue weighted by Crippen LogP contribution is -2.28. The van der Waals surface area contributed by atoms with Crippen molar-refractivity contribution in [2.45, 2.75) is 73.5 Å². The molecule has 0 heterocycles. The predicted octanol–water partition coefficient (Wildman–Crippen LogP) is 12.7. The van der Waals surface area contributed by atoms with Crippen LogP contribution in [0.25, 0.3) is 11.1 Å².